The van der Waals surface area contributed by atoms with E-state index >= 15 is 0 Å². The Morgan fingerprint density at radius 3 is 2.80 bits per heavy atom. The molecule has 2 heterocycles. The van der Waals surface area contributed by atoms with Gasteiger partial charge in [0.25, 0.3) is 5.91 Å². The molecule has 1 unspecified atom stereocenters. The number of halogens is 1. The molecule has 0 radical (unpaired) electrons. The summed E-state index contributed by atoms with van der Waals surface area (Å²) in [5, 5.41) is 3.39. The molecule has 0 fully saturated rings. The SMILES string of the molecule is CCC(C)OC(=O)c1c(NC(=O)c2ccc(Br)o2)sc2c1CCCC2. The molecule has 5 nitrogen and oxygen atoms in total. The van der Waals surface area contributed by atoms with Gasteiger partial charge in [-0.3, -0.25) is 4.79 Å². The average molecular weight is 426 g/mol. The summed E-state index contributed by atoms with van der Waals surface area (Å²) in [6, 6.07) is 3.25. The summed E-state index contributed by atoms with van der Waals surface area (Å²) < 4.78 is 11.3. The lowest BCUT2D eigenvalue weighted by Crippen LogP contribution is -2.18. The number of hydrogen-bond acceptors (Lipinski definition) is 5. The Kier molecular flexibility index (Phi) is 5.64. The van der Waals surface area contributed by atoms with Crippen molar-refractivity contribution in [1.82, 2.24) is 0 Å². The molecule has 25 heavy (non-hydrogen) atoms. The zero-order valence-electron chi connectivity index (χ0n) is 14.2. The van der Waals surface area contributed by atoms with E-state index in [0.717, 1.165) is 37.7 Å². The predicted octanol–water partition coefficient (Wildman–Crippen LogP) is 5.19. The second kappa shape index (κ2) is 7.74. The van der Waals surface area contributed by atoms with Crippen molar-refractivity contribution in [2.45, 2.75) is 52.1 Å². The molecule has 0 spiro atoms. The minimum absolute atomic E-state index is 0.156. The lowest BCUT2D eigenvalue weighted by Gasteiger charge is -2.15. The third-order valence-corrected chi connectivity index (χ3v) is 5.92. The molecule has 0 saturated carbocycles. The van der Waals surface area contributed by atoms with E-state index in [-0.39, 0.29) is 23.7 Å². The number of thiophene rings is 1. The molecule has 3 rings (SSSR count). The highest BCUT2D eigenvalue weighted by Gasteiger charge is 2.28. The normalized spacial score (nSPS) is 14.7. The summed E-state index contributed by atoms with van der Waals surface area (Å²) in [6.45, 7) is 3.84. The Labute approximate surface area is 158 Å². The Hall–Kier alpha value is -1.60. The number of hydrogen-bond donors (Lipinski definition) is 1. The van der Waals surface area contributed by atoms with Crippen LogP contribution < -0.4 is 5.32 Å². The van der Waals surface area contributed by atoms with Crippen LogP contribution in [-0.4, -0.2) is 18.0 Å². The van der Waals surface area contributed by atoms with E-state index in [1.165, 1.54) is 16.2 Å². The van der Waals surface area contributed by atoms with Gasteiger partial charge >= 0.3 is 5.97 Å². The molecule has 0 bridgehead atoms. The van der Waals surface area contributed by atoms with Gasteiger partial charge in [0, 0.05) is 4.88 Å². The van der Waals surface area contributed by atoms with Gasteiger partial charge in [-0.15, -0.1) is 11.3 Å². The highest BCUT2D eigenvalue weighted by atomic mass is 79.9. The molecule has 1 N–H and O–H groups in total. The van der Waals surface area contributed by atoms with Crippen LogP contribution in [0.2, 0.25) is 0 Å². The number of carbonyl (C=O) groups is 2. The number of rotatable bonds is 5. The number of furan rings is 1. The fraction of sp³-hybridized carbons (Fsp3) is 0.444. The standard InChI is InChI=1S/C18H20BrNO4S/c1-3-10(2)23-18(22)15-11-6-4-5-7-13(11)25-17(15)20-16(21)12-8-9-14(19)24-12/h8-10H,3-7H2,1-2H3,(H,20,21). The van der Waals surface area contributed by atoms with Crippen LogP contribution in [0.5, 0.6) is 0 Å². The zero-order valence-corrected chi connectivity index (χ0v) is 16.6. The van der Waals surface area contributed by atoms with Gasteiger partial charge in [0.05, 0.1) is 11.7 Å². The van der Waals surface area contributed by atoms with Crippen LogP contribution in [-0.2, 0) is 17.6 Å². The summed E-state index contributed by atoms with van der Waals surface area (Å²) in [4.78, 5) is 26.3. The minimum atomic E-state index is -0.373. The molecule has 0 saturated heterocycles. The molecule has 134 valence electrons. The fourth-order valence-corrected chi connectivity index (χ4v) is 4.37. The van der Waals surface area contributed by atoms with E-state index in [2.05, 4.69) is 21.2 Å². The third-order valence-electron chi connectivity index (χ3n) is 4.28. The number of nitrogens with one attached hydrogen (secondary N) is 1. The van der Waals surface area contributed by atoms with Gasteiger partial charge in [-0.05, 0) is 72.7 Å². The van der Waals surface area contributed by atoms with Crippen molar-refractivity contribution in [1.29, 1.82) is 0 Å². The van der Waals surface area contributed by atoms with Crippen LogP contribution in [0.25, 0.3) is 0 Å². The monoisotopic (exact) mass is 425 g/mol. The average Bonchev–Trinajstić information content (AvgIpc) is 3.17. The van der Waals surface area contributed by atoms with Gasteiger partial charge in [0.15, 0.2) is 10.4 Å². The lowest BCUT2D eigenvalue weighted by molar-refractivity contribution is 0.0335. The summed E-state index contributed by atoms with van der Waals surface area (Å²) >= 11 is 4.66. The van der Waals surface area contributed by atoms with Crippen molar-refractivity contribution >= 4 is 44.1 Å². The molecule has 1 aliphatic rings. The molecule has 0 aliphatic heterocycles. The number of esters is 1. The second-order valence-electron chi connectivity index (χ2n) is 6.10. The van der Waals surface area contributed by atoms with Gasteiger partial charge in [0.2, 0.25) is 0 Å². The van der Waals surface area contributed by atoms with Gasteiger partial charge in [-0.2, -0.15) is 0 Å². The van der Waals surface area contributed by atoms with Gasteiger partial charge in [-0.1, -0.05) is 6.92 Å². The molecule has 1 amide bonds. The van der Waals surface area contributed by atoms with Crippen LogP contribution in [0.3, 0.4) is 0 Å². The number of ether oxygens (including phenoxy) is 1. The van der Waals surface area contributed by atoms with E-state index in [1.807, 2.05) is 13.8 Å². The number of aryl methyl sites for hydroxylation is 1. The lowest BCUT2D eigenvalue weighted by atomic mass is 9.95. The highest BCUT2D eigenvalue weighted by Crippen LogP contribution is 2.39. The van der Waals surface area contributed by atoms with E-state index < -0.39 is 0 Å². The first-order chi connectivity index (χ1) is 12.0. The number of anilines is 1. The van der Waals surface area contributed by atoms with Crippen LogP contribution in [0, 0.1) is 0 Å². The maximum absolute atomic E-state index is 12.7. The first-order valence-corrected chi connectivity index (χ1v) is 10.0. The Bertz CT molecular complexity index is 795. The van der Waals surface area contributed by atoms with E-state index in [1.54, 1.807) is 12.1 Å². The summed E-state index contributed by atoms with van der Waals surface area (Å²) in [6.07, 6.45) is 4.53. The largest absolute Gasteiger partial charge is 0.459 e. The van der Waals surface area contributed by atoms with Crippen molar-refractivity contribution in [2.75, 3.05) is 5.32 Å². The van der Waals surface area contributed by atoms with Gasteiger partial charge in [0.1, 0.15) is 5.00 Å². The van der Waals surface area contributed by atoms with Crippen molar-refractivity contribution < 1.29 is 18.7 Å². The summed E-state index contributed by atoms with van der Waals surface area (Å²) in [5.74, 6) is -0.536. The maximum atomic E-state index is 12.7. The topological polar surface area (TPSA) is 68.5 Å². The molecule has 1 aliphatic carbocycles. The van der Waals surface area contributed by atoms with Crippen LogP contribution in [0.15, 0.2) is 21.2 Å². The number of amides is 1. The summed E-state index contributed by atoms with van der Waals surface area (Å²) in [7, 11) is 0. The van der Waals surface area contributed by atoms with Crippen LogP contribution in [0.1, 0.15) is 64.5 Å². The van der Waals surface area contributed by atoms with Crippen molar-refractivity contribution in [3.63, 3.8) is 0 Å². The predicted molar refractivity (Wildman–Crippen MR) is 100 cm³/mol. The summed E-state index contributed by atoms with van der Waals surface area (Å²) in [5.41, 5.74) is 1.54. The third kappa shape index (κ3) is 3.98. The maximum Gasteiger partial charge on any atom is 0.341 e. The van der Waals surface area contributed by atoms with Crippen LogP contribution in [0.4, 0.5) is 5.00 Å². The second-order valence-corrected chi connectivity index (χ2v) is 7.98. The van der Waals surface area contributed by atoms with Gasteiger partial charge in [-0.25, -0.2) is 4.79 Å². The minimum Gasteiger partial charge on any atom is -0.459 e. The Morgan fingerprint density at radius 2 is 2.12 bits per heavy atom. The smallest absolute Gasteiger partial charge is 0.341 e. The Balaban J connectivity index is 1.91. The Morgan fingerprint density at radius 1 is 1.36 bits per heavy atom. The van der Waals surface area contributed by atoms with Crippen LogP contribution >= 0.6 is 27.3 Å². The fourth-order valence-electron chi connectivity index (χ4n) is 2.80. The molecule has 2 aromatic heterocycles. The molecule has 1 atom stereocenters. The first kappa shape index (κ1) is 18.2. The highest BCUT2D eigenvalue weighted by molar-refractivity contribution is 9.10. The quantitative estimate of drug-likeness (QED) is 0.669. The number of fused-ring (bicyclic) bond motifs is 1. The van der Waals surface area contributed by atoms with Gasteiger partial charge < -0.3 is 14.5 Å². The molecule has 0 aromatic carbocycles. The van der Waals surface area contributed by atoms with E-state index in [9.17, 15) is 9.59 Å². The van der Waals surface area contributed by atoms with E-state index in [0.29, 0.717) is 15.2 Å². The molecular formula is C18H20BrNO4S. The van der Waals surface area contributed by atoms with Crippen molar-refractivity contribution in [3.8, 4) is 0 Å². The first-order valence-electron chi connectivity index (χ1n) is 8.41. The molecule has 2 aromatic rings. The van der Waals surface area contributed by atoms with E-state index in [4.69, 9.17) is 9.15 Å². The molecule has 7 heteroatoms. The van der Waals surface area contributed by atoms with Crippen molar-refractivity contribution in [2.24, 2.45) is 0 Å². The molecular weight excluding hydrogens is 406 g/mol. The van der Waals surface area contributed by atoms with Crippen molar-refractivity contribution in [3.05, 3.63) is 38.6 Å². The zero-order chi connectivity index (χ0) is 18.0. The number of carbonyl (C=O) groups excluding carboxylic acids is 2.